The van der Waals surface area contributed by atoms with Gasteiger partial charge in [0.15, 0.2) is 11.9 Å². The minimum absolute atomic E-state index is 0.0273. The van der Waals surface area contributed by atoms with Gasteiger partial charge in [0.2, 0.25) is 59.1 Å². The van der Waals surface area contributed by atoms with Crippen molar-refractivity contribution in [1.29, 1.82) is 0 Å². The van der Waals surface area contributed by atoms with Crippen LogP contribution in [0.5, 0.6) is 0 Å². The molecule has 0 unspecified atom stereocenters. The molecular weight excluding hydrogens is 1350 g/mol. The monoisotopic (exact) mass is 1470 g/mol. The maximum Gasteiger partial charge on any atom is 0.326 e. The van der Waals surface area contributed by atoms with Crippen molar-refractivity contribution in [1.82, 2.24) is 63.1 Å². The minimum atomic E-state index is -1.38. The van der Waals surface area contributed by atoms with Crippen molar-refractivity contribution in [3.63, 3.8) is 0 Å². The SMILES string of the molecule is CC[C@H](C)[C@H](NC(=O)[C@H](Cc1c[nH]c2ccccc12)NC(=O)[C@@H](NC(=O)[C@H](CC(C)C)NC(=O)[C@@H](N)Cc1c[nH]c2ccccc12)[C@@H](C)CC)C(=O)NCC(=O)N[C@@H](CC(C)C)C(=O)N[C@@H](CCCN=C(N)N)C(=O)N[C@@H](CCCCN)C(=O)N[C@@H](CCCCN)C(=O)N[C@@H](CCCN=C(N)N)C(=O)O. The maximum atomic E-state index is 14.9. The van der Waals surface area contributed by atoms with Crippen LogP contribution in [-0.2, 0) is 65.6 Å². The largest absolute Gasteiger partial charge is 0.480 e. The van der Waals surface area contributed by atoms with Crippen LogP contribution < -0.4 is 93.3 Å². The Hall–Kier alpha value is -9.89. The van der Waals surface area contributed by atoms with E-state index in [1.807, 2.05) is 69.3 Å². The Bertz CT molecular complexity index is 3550. The van der Waals surface area contributed by atoms with Crippen LogP contribution >= 0.6 is 0 Å². The third-order valence-electron chi connectivity index (χ3n) is 18.2. The molecule has 0 bridgehead atoms. The molecule has 0 aliphatic rings. The second-order valence-corrected chi connectivity index (χ2v) is 27.7. The molecule has 0 saturated heterocycles. The summed E-state index contributed by atoms with van der Waals surface area (Å²) in [6.45, 7) is 14.5. The first-order valence-corrected chi connectivity index (χ1v) is 36.5. The van der Waals surface area contributed by atoms with Gasteiger partial charge in [0, 0.05) is 53.7 Å². The van der Waals surface area contributed by atoms with Crippen molar-refractivity contribution >= 4 is 98.8 Å². The second kappa shape index (κ2) is 45.4. The average molecular weight is 1470 g/mol. The Morgan fingerprint density at radius 2 is 0.810 bits per heavy atom. The number of carboxylic acids is 1. The zero-order chi connectivity index (χ0) is 77.9. The Morgan fingerprint density at radius 1 is 0.438 bits per heavy atom. The van der Waals surface area contributed by atoms with E-state index in [-0.39, 0.29) is 114 Å². The average Bonchev–Trinajstić information content (AvgIpc) is 1.74. The number of hydrogen-bond donors (Lipinski definition) is 20. The van der Waals surface area contributed by atoms with Crippen molar-refractivity contribution in [3.8, 4) is 0 Å². The number of aromatic amines is 2. The Balaban J connectivity index is 1.56. The zero-order valence-electron chi connectivity index (χ0n) is 62.1. The summed E-state index contributed by atoms with van der Waals surface area (Å²) in [5.74, 6) is -10.6. The molecule has 582 valence electrons. The van der Waals surface area contributed by atoms with Crippen molar-refractivity contribution in [2.24, 2.45) is 73.8 Å². The number of rotatable bonds is 49. The summed E-state index contributed by atoms with van der Waals surface area (Å²) in [6.07, 6.45) is 6.53. The summed E-state index contributed by atoms with van der Waals surface area (Å²) in [4.78, 5) is 170. The topological polar surface area (TPSA) is 567 Å². The van der Waals surface area contributed by atoms with Crippen LogP contribution in [0.15, 0.2) is 70.9 Å². The van der Waals surface area contributed by atoms with Crippen molar-refractivity contribution in [2.75, 3.05) is 32.7 Å². The molecule has 10 amide bonds. The number of carboxylic acid groups (broad SMARTS) is 1. The molecule has 0 spiro atoms. The highest BCUT2D eigenvalue weighted by Gasteiger charge is 2.38. The first-order valence-electron chi connectivity index (χ1n) is 36.5. The minimum Gasteiger partial charge on any atom is -0.480 e. The van der Waals surface area contributed by atoms with E-state index in [2.05, 4.69) is 73.1 Å². The molecule has 0 fully saturated rings. The van der Waals surface area contributed by atoms with Gasteiger partial charge in [-0.05, 0) is 143 Å². The van der Waals surface area contributed by atoms with Crippen LogP contribution in [0.4, 0.5) is 0 Å². The van der Waals surface area contributed by atoms with Gasteiger partial charge in [-0.25, -0.2) is 4.79 Å². The highest BCUT2D eigenvalue weighted by Crippen LogP contribution is 2.23. The number of carbonyl (C=O) groups excluding carboxylic acids is 10. The third-order valence-corrected chi connectivity index (χ3v) is 18.2. The van der Waals surface area contributed by atoms with Crippen molar-refractivity contribution in [2.45, 2.75) is 219 Å². The van der Waals surface area contributed by atoms with E-state index in [9.17, 15) is 57.8 Å². The van der Waals surface area contributed by atoms with Gasteiger partial charge >= 0.3 is 5.97 Å². The third kappa shape index (κ3) is 30.0. The number of unbranched alkanes of at least 4 members (excludes halogenated alkanes) is 2. The van der Waals surface area contributed by atoms with Crippen LogP contribution in [0, 0.1) is 23.7 Å². The summed E-state index contributed by atoms with van der Waals surface area (Å²) in [5.41, 5.74) is 43.1. The van der Waals surface area contributed by atoms with Gasteiger partial charge in [-0.2, -0.15) is 0 Å². The Kier molecular flexibility index (Phi) is 37.8. The number of benzene rings is 2. The number of nitrogens with zero attached hydrogens (tertiary/aromatic N) is 2. The fourth-order valence-electron chi connectivity index (χ4n) is 11.9. The number of aliphatic carboxylic acids is 1. The number of carbonyl (C=O) groups is 11. The first-order chi connectivity index (χ1) is 49.9. The molecule has 27 N–H and O–H groups in total. The molecular formula is C72H117N21O12. The molecule has 12 atom stereocenters. The van der Waals surface area contributed by atoms with E-state index in [0.717, 1.165) is 27.4 Å². The number of aromatic nitrogens is 2. The zero-order valence-corrected chi connectivity index (χ0v) is 62.1. The lowest BCUT2D eigenvalue weighted by Gasteiger charge is -2.30. The van der Waals surface area contributed by atoms with E-state index in [1.54, 1.807) is 47.0 Å². The lowest BCUT2D eigenvalue weighted by atomic mass is 9.95. The molecule has 2 aromatic carbocycles. The Morgan fingerprint density at radius 3 is 1.25 bits per heavy atom. The molecule has 0 aliphatic heterocycles. The summed E-state index contributed by atoms with van der Waals surface area (Å²) in [6, 6.07) is 2.37. The summed E-state index contributed by atoms with van der Waals surface area (Å²) in [5, 5.41) is 39.0. The number of fused-ring (bicyclic) bond motifs is 2. The van der Waals surface area contributed by atoms with Gasteiger partial charge in [-0.15, -0.1) is 0 Å². The lowest BCUT2D eigenvalue weighted by molar-refractivity contribution is -0.142. The van der Waals surface area contributed by atoms with Crippen molar-refractivity contribution < 1.29 is 57.8 Å². The molecule has 33 nitrogen and oxygen atoms in total. The highest BCUT2D eigenvalue weighted by molar-refractivity contribution is 5.99. The fraction of sp³-hybridized carbons (Fsp3) is 0.597. The first kappa shape index (κ1) is 87.5. The van der Waals surface area contributed by atoms with Crippen LogP contribution in [-0.4, -0.2) is 185 Å². The fourth-order valence-corrected chi connectivity index (χ4v) is 11.9. The molecule has 0 aliphatic carbocycles. The lowest BCUT2D eigenvalue weighted by Crippen LogP contribution is -2.61. The molecule has 2 aromatic heterocycles. The van der Waals surface area contributed by atoms with Crippen LogP contribution in [0.1, 0.15) is 156 Å². The number of aliphatic imine (C=N–C) groups is 2. The predicted molar refractivity (Wildman–Crippen MR) is 403 cm³/mol. The van der Waals surface area contributed by atoms with E-state index < -0.39 is 144 Å². The van der Waals surface area contributed by atoms with E-state index in [0.29, 0.717) is 44.1 Å². The van der Waals surface area contributed by atoms with E-state index in [4.69, 9.17) is 40.1 Å². The molecule has 4 aromatic rings. The summed E-state index contributed by atoms with van der Waals surface area (Å²) >= 11 is 0. The van der Waals surface area contributed by atoms with Crippen LogP contribution in [0.3, 0.4) is 0 Å². The van der Waals surface area contributed by atoms with Gasteiger partial charge in [0.25, 0.3) is 0 Å². The number of H-pyrrole nitrogens is 2. The standard InChI is InChI=1S/C72H117N21O12/c1-9-42(7)59(92-67(101)57(36-45-38-83-50-24-14-12-22-47(45)50)91-69(103)60(43(8)10-2)93-66(100)56(34-41(5)6)90-61(95)48(75)35-44-37-82-49-23-13-11-21-46(44)49)68(102)84-39-58(94)85-55(33-40(3)4)65(99)88-53(27-19-31-80-71(76)77)63(97)86-51(25-15-17-29-73)62(96)87-52(26-16-18-30-74)64(98)89-54(70(104)105)28-20-32-81-72(78)79/h11-14,21-24,37-38,40-43,48,51-57,59-60,82-83H,9-10,15-20,25-36,39,73-75H2,1-8H3,(H,84,102)(H,85,94)(H,86,97)(H,87,96)(H,88,99)(H,89,98)(H,90,95)(H,91,103)(H,92,101)(H,93,100)(H,104,105)(H4,76,77,80)(H4,78,79,81)/t42-,43-,48-,51-,52-,53-,54-,55-,56-,57-,59-,60-/m0/s1. The maximum absolute atomic E-state index is 14.9. The molecule has 0 saturated carbocycles. The van der Waals surface area contributed by atoms with Crippen LogP contribution in [0.25, 0.3) is 21.8 Å². The molecule has 0 radical (unpaired) electrons. The molecule has 33 heteroatoms. The van der Waals surface area contributed by atoms with Gasteiger partial charge < -0.3 is 108 Å². The quantitative estimate of drug-likeness (QED) is 0.0156. The molecule has 2 heterocycles. The predicted octanol–water partition coefficient (Wildman–Crippen LogP) is -0.125. The van der Waals surface area contributed by atoms with E-state index in [1.165, 1.54) is 0 Å². The number of amides is 10. The van der Waals surface area contributed by atoms with Gasteiger partial charge in [0.05, 0.1) is 12.6 Å². The number of nitrogens with one attached hydrogen (secondary N) is 12. The summed E-state index contributed by atoms with van der Waals surface area (Å²) < 4.78 is 0. The van der Waals surface area contributed by atoms with Gasteiger partial charge in [0.1, 0.15) is 54.4 Å². The molecule has 105 heavy (non-hydrogen) atoms. The number of guanidine groups is 2. The number of para-hydroxylation sites is 2. The number of nitrogens with two attached hydrogens (primary N) is 7. The molecule has 4 rings (SSSR count). The van der Waals surface area contributed by atoms with Gasteiger partial charge in [-0.3, -0.25) is 57.9 Å². The second-order valence-electron chi connectivity index (χ2n) is 27.7. The normalized spacial score (nSPS) is 14.8. The highest BCUT2D eigenvalue weighted by atomic mass is 16.4. The smallest absolute Gasteiger partial charge is 0.326 e. The van der Waals surface area contributed by atoms with Crippen LogP contribution in [0.2, 0.25) is 0 Å². The Labute approximate surface area is 614 Å². The van der Waals surface area contributed by atoms with Crippen molar-refractivity contribution in [3.05, 3.63) is 72.1 Å². The summed E-state index contributed by atoms with van der Waals surface area (Å²) in [7, 11) is 0. The number of hydrogen-bond acceptors (Lipinski definition) is 16. The van der Waals surface area contributed by atoms with Gasteiger partial charge in [-0.1, -0.05) is 105 Å². The van der Waals surface area contributed by atoms with E-state index >= 15 is 0 Å².